The predicted octanol–water partition coefficient (Wildman–Crippen LogP) is 2.86. The number of carbonyl (C=O) groups is 2. The lowest BCUT2D eigenvalue weighted by Gasteiger charge is -2.20. The van der Waals surface area contributed by atoms with Crippen molar-refractivity contribution in [2.75, 3.05) is 10.6 Å². The van der Waals surface area contributed by atoms with Crippen molar-refractivity contribution in [3.63, 3.8) is 0 Å². The Hall–Kier alpha value is -3.98. The molecule has 168 valence electrons. The molecule has 33 heavy (non-hydrogen) atoms. The third kappa shape index (κ3) is 3.87. The van der Waals surface area contributed by atoms with Crippen LogP contribution in [0.15, 0.2) is 48.7 Å². The molecule has 9 nitrogen and oxygen atoms in total. The van der Waals surface area contributed by atoms with Gasteiger partial charge in [-0.05, 0) is 43.2 Å². The van der Waals surface area contributed by atoms with Gasteiger partial charge in [-0.3, -0.25) is 19.0 Å². The number of para-hydroxylation sites is 1. The van der Waals surface area contributed by atoms with Crippen LogP contribution in [0.4, 0.5) is 11.4 Å². The Balaban J connectivity index is 1.32. The van der Waals surface area contributed by atoms with Crippen molar-refractivity contribution < 1.29 is 9.59 Å². The number of carbonyl (C=O) groups excluding carboxylic acids is 2. The Morgan fingerprint density at radius 3 is 2.76 bits per heavy atom. The normalized spacial score (nSPS) is 15.3. The Morgan fingerprint density at radius 2 is 1.94 bits per heavy atom. The summed E-state index contributed by atoms with van der Waals surface area (Å²) < 4.78 is 3.54. The van der Waals surface area contributed by atoms with Crippen molar-refractivity contribution in [3.05, 3.63) is 71.2 Å². The number of nitrogens with two attached hydrogens (primary N) is 1. The van der Waals surface area contributed by atoms with E-state index >= 15 is 0 Å². The molecule has 0 bridgehead atoms. The average molecular weight is 444 g/mol. The second-order valence-electron chi connectivity index (χ2n) is 8.41. The second kappa shape index (κ2) is 8.18. The van der Waals surface area contributed by atoms with Gasteiger partial charge in [0.2, 0.25) is 0 Å². The third-order valence-corrected chi connectivity index (χ3v) is 6.07. The van der Waals surface area contributed by atoms with Gasteiger partial charge < -0.3 is 16.4 Å². The number of fused-ring (bicyclic) bond motifs is 2. The van der Waals surface area contributed by atoms with E-state index in [4.69, 9.17) is 5.73 Å². The van der Waals surface area contributed by atoms with E-state index in [2.05, 4.69) is 20.8 Å². The Kier molecular flexibility index (Phi) is 5.18. The molecule has 0 fully saturated rings. The van der Waals surface area contributed by atoms with E-state index < -0.39 is 0 Å². The van der Waals surface area contributed by atoms with Crippen LogP contribution in [-0.4, -0.2) is 37.4 Å². The van der Waals surface area contributed by atoms with E-state index in [0.717, 1.165) is 35.1 Å². The van der Waals surface area contributed by atoms with Crippen molar-refractivity contribution in [2.24, 2.45) is 12.8 Å². The van der Waals surface area contributed by atoms with Crippen LogP contribution in [0.1, 0.15) is 38.5 Å². The van der Waals surface area contributed by atoms with Gasteiger partial charge in [0, 0.05) is 42.8 Å². The lowest BCUT2D eigenvalue weighted by Crippen LogP contribution is -2.32. The number of nitrogens with zero attached hydrogens (tertiary/aromatic N) is 4. The highest BCUT2D eigenvalue weighted by Gasteiger charge is 2.24. The molecule has 1 aliphatic heterocycles. The lowest BCUT2D eigenvalue weighted by atomic mass is 10.0. The van der Waals surface area contributed by atoms with Gasteiger partial charge in [0.25, 0.3) is 11.8 Å². The van der Waals surface area contributed by atoms with Crippen molar-refractivity contribution in [1.82, 2.24) is 19.6 Å². The molecule has 4 aromatic rings. The molecule has 2 aromatic carbocycles. The molecule has 0 spiro atoms. The van der Waals surface area contributed by atoms with Gasteiger partial charge in [-0.15, -0.1) is 0 Å². The van der Waals surface area contributed by atoms with Crippen molar-refractivity contribution in [1.29, 1.82) is 0 Å². The van der Waals surface area contributed by atoms with E-state index in [1.165, 1.54) is 0 Å². The monoisotopic (exact) mass is 443 g/mol. The maximum absolute atomic E-state index is 12.9. The standard InChI is InChI=1S/C24H25N7O2/c1-14-11-16(27-24(33)22-17-5-3-4-6-20(17)30(2)29-22)7-8-19(14)28-23(32)18-13-26-31-10-9-15(25)12-21(18)31/h3-8,11,13,15H,9-10,12,25H2,1-2H3,(H,27,33)(H,28,32). The number of aromatic nitrogens is 4. The Bertz CT molecular complexity index is 1380. The van der Waals surface area contributed by atoms with Crippen LogP contribution in [0.2, 0.25) is 0 Å². The third-order valence-electron chi connectivity index (χ3n) is 6.07. The van der Waals surface area contributed by atoms with Gasteiger partial charge in [0.05, 0.1) is 23.0 Å². The van der Waals surface area contributed by atoms with Crippen LogP contribution in [0.25, 0.3) is 10.9 Å². The topological polar surface area (TPSA) is 120 Å². The molecular weight excluding hydrogens is 418 g/mol. The first-order valence-electron chi connectivity index (χ1n) is 10.9. The van der Waals surface area contributed by atoms with Crippen molar-refractivity contribution in [3.8, 4) is 0 Å². The first-order chi connectivity index (χ1) is 15.9. The van der Waals surface area contributed by atoms with Crippen LogP contribution in [-0.2, 0) is 20.0 Å². The fourth-order valence-electron chi connectivity index (χ4n) is 4.29. The smallest absolute Gasteiger partial charge is 0.276 e. The summed E-state index contributed by atoms with van der Waals surface area (Å²) in [7, 11) is 1.81. The maximum atomic E-state index is 12.9. The molecule has 0 saturated heterocycles. The first kappa shape index (κ1) is 20.9. The van der Waals surface area contributed by atoms with Gasteiger partial charge in [0.15, 0.2) is 5.69 Å². The van der Waals surface area contributed by atoms with Crippen LogP contribution < -0.4 is 16.4 Å². The number of benzene rings is 2. The summed E-state index contributed by atoms with van der Waals surface area (Å²) in [6.07, 6.45) is 3.09. The molecule has 2 aromatic heterocycles. The van der Waals surface area contributed by atoms with Gasteiger partial charge in [-0.25, -0.2) is 0 Å². The first-order valence-corrected chi connectivity index (χ1v) is 10.9. The summed E-state index contributed by atoms with van der Waals surface area (Å²) in [6.45, 7) is 2.60. The summed E-state index contributed by atoms with van der Waals surface area (Å²) in [5, 5.41) is 15.3. The van der Waals surface area contributed by atoms with Gasteiger partial charge in [-0.1, -0.05) is 18.2 Å². The minimum atomic E-state index is -0.286. The molecule has 1 atom stereocenters. The molecule has 2 amide bonds. The lowest BCUT2D eigenvalue weighted by molar-refractivity contribution is 0.101. The van der Waals surface area contributed by atoms with Gasteiger partial charge in [0.1, 0.15) is 0 Å². The molecule has 1 unspecified atom stereocenters. The molecule has 4 N–H and O–H groups in total. The van der Waals surface area contributed by atoms with Crippen LogP contribution >= 0.6 is 0 Å². The van der Waals surface area contributed by atoms with Crippen molar-refractivity contribution >= 4 is 34.1 Å². The SMILES string of the molecule is Cc1cc(NC(=O)c2nn(C)c3ccccc23)ccc1NC(=O)c1cnn2c1CC(N)CC2. The van der Waals surface area contributed by atoms with E-state index in [9.17, 15) is 9.59 Å². The number of hydrogen-bond donors (Lipinski definition) is 3. The summed E-state index contributed by atoms with van der Waals surface area (Å²) in [5.41, 5.74) is 10.9. The molecule has 0 aliphatic carbocycles. The number of hydrogen-bond acceptors (Lipinski definition) is 5. The summed E-state index contributed by atoms with van der Waals surface area (Å²) >= 11 is 0. The highest BCUT2D eigenvalue weighted by atomic mass is 16.2. The summed E-state index contributed by atoms with van der Waals surface area (Å²) in [6, 6.07) is 13.0. The largest absolute Gasteiger partial charge is 0.327 e. The quantitative estimate of drug-likeness (QED) is 0.448. The highest BCUT2D eigenvalue weighted by Crippen LogP contribution is 2.24. The zero-order valence-electron chi connectivity index (χ0n) is 18.5. The van der Waals surface area contributed by atoms with Gasteiger partial charge >= 0.3 is 0 Å². The van der Waals surface area contributed by atoms with E-state index in [0.29, 0.717) is 29.1 Å². The number of aryl methyl sites for hydroxylation is 3. The zero-order chi connectivity index (χ0) is 23.1. The second-order valence-corrected chi connectivity index (χ2v) is 8.41. The number of rotatable bonds is 4. The van der Waals surface area contributed by atoms with Gasteiger partial charge in [-0.2, -0.15) is 10.2 Å². The van der Waals surface area contributed by atoms with Crippen LogP contribution in [0, 0.1) is 6.92 Å². The number of amides is 2. The fraction of sp³-hybridized carbons (Fsp3) is 0.250. The summed E-state index contributed by atoms with van der Waals surface area (Å²) in [4.78, 5) is 25.8. The molecule has 0 saturated carbocycles. The Morgan fingerprint density at radius 1 is 1.12 bits per heavy atom. The number of anilines is 2. The van der Waals surface area contributed by atoms with E-state index in [1.807, 2.05) is 49.0 Å². The van der Waals surface area contributed by atoms with E-state index in [1.54, 1.807) is 23.0 Å². The molecule has 5 rings (SSSR count). The molecule has 9 heteroatoms. The molecule has 1 aliphatic rings. The minimum Gasteiger partial charge on any atom is -0.327 e. The molecular formula is C24H25N7O2. The highest BCUT2D eigenvalue weighted by molar-refractivity contribution is 6.11. The fourth-order valence-corrected chi connectivity index (χ4v) is 4.29. The summed E-state index contributed by atoms with van der Waals surface area (Å²) in [5.74, 6) is -0.504. The molecule has 0 radical (unpaired) electrons. The predicted molar refractivity (Wildman–Crippen MR) is 126 cm³/mol. The van der Waals surface area contributed by atoms with Crippen LogP contribution in [0.5, 0.6) is 0 Å². The maximum Gasteiger partial charge on any atom is 0.276 e. The van der Waals surface area contributed by atoms with E-state index in [-0.39, 0.29) is 17.9 Å². The number of nitrogens with one attached hydrogen (secondary N) is 2. The average Bonchev–Trinajstić information content (AvgIpc) is 3.37. The van der Waals surface area contributed by atoms with Crippen LogP contribution in [0.3, 0.4) is 0 Å². The Labute approximate surface area is 190 Å². The zero-order valence-corrected chi connectivity index (χ0v) is 18.5. The molecule has 3 heterocycles. The minimum absolute atomic E-state index is 0.0432. The van der Waals surface area contributed by atoms with Crippen molar-refractivity contribution in [2.45, 2.75) is 32.4 Å².